The Hall–Kier alpha value is -1.14. The van der Waals surface area contributed by atoms with Crippen molar-refractivity contribution in [3.63, 3.8) is 0 Å². The van der Waals surface area contributed by atoms with Crippen molar-refractivity contribution >= 4 is 12.6 Å². The highest BCUT2D eigenvalue weighted by Gasteiger charge is 2.52. The topological polar surface area (TPSA) is 38.7 Å². The average molecular weight is 270 g/mol. The first-order valence-electron chi connectivity index (χ1n) is 6.10. The molecule has 0 bridgehead atoms. The Morgan fingerprint density at radius 3 is 2.05 bits per heavy atom. The number of benzene rings is 1. The zero-order chi connectivity index (χ0) is 14.6. The fraction of sp³-hybridized carbons (Fsp3) is 0.538. The highest BCUT2D eigenvalue weighted by molar-refractivity contribution is 6.62. The van der Waals surface area contributed by atoms with Crippen molar-refractivity contribution in [1.29, 1.82) is 0 Å². The summed E-state index contributed by atoms with van der Waals surface area (Å²) in [6.07, 6.45) is 0. The Labute approximate surface area is 111 Å². The quantitative estimate of drug-likeness (QED) is 0.796. The summed E-state index contributed by atoms with van der Waals surface area (Å²) in [6.45, 7) is 8.88. The molecule has 3 nitrogen and oxygen atoms in total. The molecule has 0 radical (unpaired) electrons. The summed E-state index contributed by atoms with van der Waals surface area (Å²) in [6, 6.07) is 1.05. The molecule has 1 N–H and O–H groups in total. The van der Waals surface area contributed by atoms with Crippen LogP contribution in [0.2, 0.25) is 0 Å². The van der Waals surface area contributed by atoms with Gasteiger partial charge in [-0.15, -0.1) is 0 Å². The van der Waals surface area contributed by atoms with Gasteiger partial charge in [0.1, 0.15) is 0 Å². The van der Waals surface area contributed by atoms with Crippen molar-refractivity contribution in [1.82, 2.24) is 0 Å². The van der Waals surface area contributed by atoms with E-state index in [0.29, 0.717) is 0 Å². The zero-order valence-corrected chi connectivity index (χ0v) is 11.7. The monoisotopic (exact) mass is 270 g/mol. The van der Waals surface area contributed by atoms with Crippen LogP contribution in [0.4, 0.5) is 8.78 Å². The van der Waals surface area contributed by atoms with Crippen LogP contribution >= 0.6 is 0 Å². The van der Waals surface area contributed by atoms with E-state index in [0.717, 1.165) is 6.07 Å². The first-order valence-corrected chi connectivity index (χ1v) is 6.10. The van der Waals surface area contributed by atoms with E-state index >= 15 is 0 Å². The van der Waals surface area contributed by atoms with Crippen LogP contribution < -0.4 is 5.46 Å². The van der Waals surface area contributed by atoms with E-state index in [1.165, 1.54) is 6.92 Å². The van der Waals surface area contributed by atoms with Gasteiger partial charge in [0, 0.05) is 0 Å². The van der Waals surface area contributed by atoms with E-state index in [1.807, 2.05) is 27.7 Å². The normalized spacial score (nSPS) is 20.9. The van der Waals surface area contributed by atoms with Crippen molar-refractivity contribution in [2.45, 2.75) is 45.8 Å². The number of hydrogen-bond acceptors (Lipinski definition) is 3. The average Bonchev–Trinajstić information content (AvgIpc) is 2.50. The van der Waals surface area contributed by atoms with Gasteiger partial charge in [0.25, 0.3) is 0 Å². The molecule has 0 unspecified atom stereocenters. The lowest BCUT2D eigenvalue weighted by molar-refractivity contribution is 0.00578. The number of halogens is 2. The van der Waals surface area contributed by atoms with Crippen LogP contribution in [0.15, 0.2) is 6.07 Å². The second-order valence-electron chi connectivity index (χ2n) is 5.82. The smallest absolute Gasteiger partial charge is 0.495 e. The number of phenols is 1. The molecular weight excluding hydrogens is 253 g/mol. The summed E-state index contributed by atoms with van der Waals surface area (Å²) in [5.74, 6) is -2.98. The second kappa shape index (κ2) is 4.18. The summed E-state index contributed by atoms with van der Waals surface area (Å²) in [7, 11) is -0.852. The first kappa shape index (κ1) is 14.3. The summed E-state index contributed by atoms with van der Waals surface area (Å²) in [5.41, 5.74) is -0.798. The van der Waals surface area contributed by atoms with E-state index in [4.69, 9.17) is 9.31 Å². The third-order valence-electron chi connectivity index (χ3n) is 3.99. The number of phenolic OH excluding ortho intramolecular Hbond substituents is 1. The minimum atomic E-state index is -1.02. The van der Waals surface area contributed by atoms with Gasteiger partial charge in [-0.05, 0) is 51.7 Å². The zero-order valence-electron chi connectivity index (χ0n) is 11.7. The van der Waals surface area contributed by atoms with Gasteiger partial charge in [0.15, 0.2) is 17.4 Å². The molecule has 1 aromatic carbocycles. The summed E-state index contributed by atoms with van der Waals surface area (Å²) in [4.78, 5) is 0. The summed E-state index contributed by atoms with van der Waals surface area (Å²) >= 11 is 0. The highest BCUT2D eigenvalue weighted by atomic mass is 19.1. The Morgan fingerprint density at radius 2 is 1.58 bits per heavy atom. The van der Waals surface area contributed by atoms with Gasteiger partial charge in [-0.1, -0.05) is 0 Å². The minimum absolute atomic E-state index is 0.123. The molecule has 1 aliphatic rings. The largest absolute Gasteiger partial charge is 0.503 e. The fourth-order valence-electron chi connectivity index (χ4n) is 1.94. The van der Waals surface area contributed by atoms with Crippen LogP contribution in [-0.2, 0) is 9.31 Å². The Bertz CT molecular complexity index is 513. The van der Waals surface area contributed by atoms with Gasteiger partial charge in [0.05, 0.1) is 11.2 Å². The molecule has 6 heteroatoms. The molecule has 104 valence electrons. The lowest BCUT2D eigenvalue weighted by Gasteiger charge is -2.32. The van der Waals surface area contributed by atoms with Crippen LogP contribution in [0.3, 0.4) is 0 Å². The molecule has 0 amide bonds. The first-order chi connectivity index (χ1) is 8.57. The molecule has 2 rings (SSSR count). The Balaban J connectivity index is 2.46. The van der Waals surface area contributed by atoms with E-state index in [1.54, 1.807) is 0 Å². The van der Waals surface area contributed by atoms with Crippen molar-refractivity contribution in [2.75, 3.05) is 0 Å². The number of rotatable bonds is 1. The minimum Gasteiger partial charge on any atom is -0.503 e. The molecule has 0 atom stereocenters. The molecule has 1 heterocycles. The van der Waals surface area contributed by atoms with Crippen LogP contribution in [0.25, 0.3) is 0 Å². The summed E-state index contributed by atoms with van der Waals surface area (Å²) in [5, 5.41) is 9.23. The van der Waals surface area contributed by atoms with Crippen molar-refractivity contribution in [3.05, 3.63) is 23.3 Å². The number of aromatic hydroxyl groups is 1. The van der Waals surface area contributed by atoms with Crippen LogP contribution in [-0.4, -0.2) is 23.4 Å². The molecule has 1 fully saturated rings. The number of hydrogen-bond donors (Lipinski definition) is 1. The van der Waals surface area contributed by atoms with Gasteiger partial charge in [-0.3, -0.25) is 0 Å². The summed E-state index contributed by atoms with van der Waals surface area (Å²) < 4.78 is 38.6. The predicted octanol–water partition coefficient (Wildman–Crippen LogP) is 2.28. The predicted molar refractivity (Wildman–Crippen MR) is 68.5 cm³/mol. The van der Waals surface area contributed by atoms with Crippen molar-refractivity contribution < 1.29 is 23.2 Å². The third kappa shape index (κ3) is 2.13. The molecule has 0 aromatic heterocycles. The molecule has 0 aliphatic carbocycles. The van der Waals surface area contributed by atoms with Crippen molar-refractivity contribution in [2.24, 2.45) is 0 Å². The SMILES string of the molecule is Cc1c(B2OC(C)(C)C(C)(C)O2)cc(F)c(O)c1F. The van der Waals surface area contributed by atoms with Gasteiger partial charge >= 0.3 is 7.12 Å². The van der Waals surface area contributed by atoms with E-state index in [2.05, 4.69) is 0 Å². The van der Waals surface area contributed by atoms with Crippen LogP contribution in [0, 0.1) is 18.6 Å². The molecule has 1 aliphatic heterocycles. The highest BCUT2D eigenvalue weighted by Crippen LogP contribution is 2.37. The Kier molecular flexibility index (Phi) is 3.14. The lowest BCUT2D eigenvalue weighted by Crippen LogP contribution is -2.41. The lowest BCUT2D eigenvalue weighted by atomic mass is 9.76. The maximum absolute atomic E-state index is 13.7. The molecule has 1 saturated heterocycles. The van der Waals surface area contributed by atoms with Gasteiger partial charge in [0.2, 0.25) is 0 Å². The molecule has 0 spiro atoms. The van der Waals surface area contributed by atoms with Gasteiger partial charge in [-0.2, -0.15) is 0 Å². The third-order valence-corrected chi connectivity index (χ3v) is 3.99. The van der Waals surface area contributed by atoms with E-state index in [-0.39, 0.29) is 11.0 Å². The van der Waals surface area contributed by atoms with E-state index < -0.39 is 35.7 Å². The molecule has 0 saturated carbocycles. The maximum atomic E-state index is 13.7. The second-order valence-corrected chi connectivity index (χ2v) is 5.82. The van der Waals surface area contributed by atoms with Crippen molar-refractivity contribution in [3.8, 4) is 5.75 Å². The van der Waals surface area contributed by atoms with Crippen LogP contribution in [0.1, 0.15) is 33.3 Å². The maximum Gasteiger partial charge on any atom is 0.495 e. The van der Waals surface area contributed by atoms with Crippen LogP contribution in [0.5, 0.6) is 5.75 Å². The molecular formula is C13H17BF2O3. The molecule has 1 aromatic rings. The van der Waals surface area contributed by atoms with Gasteiger partial charge in [-0.25, -0.2) is 8.78 Å². The molecule has 19 heavy (non-hydrogen) atoms. The van der Waals surface area contributed by atoms with E-state index in [9.17, 15) is 13.9 Å². The standard InChI is InChI=1S/C13H17BF2O3/c1-7-8(6-9(15)11(17)10(7)16)14-18-12(2,3)13(4,5)19-14/h6,17H,1-5H3. The fourth-order valence-corrected chi connectivity index (χ4v) is 1.94. The van der Waals surface area contributed by atoms with Gasteiger partial charge < -0.3 is 14.4 Å². The Morgan fingerprint density at radius 1 is 1.11 bits per heavy atom.